The minimum atomic E-state index is 0.129. The van der Waals surface area contributed by atoms with Gasteiger partial charge in [-0.05, 0) is 24.0 Å². The van der Waals surface area contributed by atoms with Crippen LogP contribution in [0.2, 0.25) is 0 Å². The van der Waals surface area contributed by atoms with Crippen LogP contribution in [-0.4, -0.2) is 16.6 Å². The molecule has 17 heavy (non-hydrogen) atoms. The topological polar surface area (TPSA) is 49.0 Å². The van der Waals surface area contributed by atoms with Crippen molar-refractivity contribution in [2.45, 2.75) is 18.9 Å². The number of aromatic nitrogens is 2. The van der Waals surface area contributed by atoms with Gasteiger partial charge < -0.3 is 0 Å². The SMILES string of the molecule is O=CN(c1ccn[nH]1)C1CCc2ccccc21. The number of nitrogens with one attached hydrogen (secondary N) is 1. The Morgan fingerprint density at radius 3 is 3.00 bits per heavy atom. The normalized spacial score (nSPS) is 17.8. The molecule has 3 rings (SSSR count). The van der Waals surface area contributed by atoms with Gasteiger partial charge in [-0.1, -0.05) is 24.3 Å². The summed E-state index contributed by atoms with van der Waals surface area (Å²) in [5.74, 6) is 0.752. The van der Waals surface area contributed by atoms with Crippen LogP contribution in [0, 0.1) is 0 Å². The predicted molar refractivity (Wildman–Crippen MR) is 64.6 cm³/mol. The summed E-state index contributed by atoms with van der Waals surface area (Å²) in [4.78, 5) is 13.0. The average Bonchev–Trinajstić information content (AvgIpc) is 3.01. The zero-order valence-electron chi connectivity index (χ0n) is 9.34. The van der Waals surface area contributed by atoms with Crippen LogP contribution < -0.4 is 4.90 Å². The molecule has 1 atom stereocenters. The van der Waals surface area contributed by atoms with E-state index in [9.17, 15) is 4.79 Å². The van der Waals surface area contributed by atoms with E-state index >= 15 is 0 Å². The number of rotatable bonds is 3. The molecule has 86 valence electrons. The number of H-pyrrole nitrogens is 1. The van der Waals surface area contributed by atoms with Gasteiger partial charge in [-0.25, -0.2) is 0 Å². The van der Waals surface area contributed by atoms with Crippen LogP contribution in [-0.2, 0) is 11.2 Å². The van der Waals surface area contributed by atoms with Crippen LogP contribution in [0.5, 0.6) is 0 Å². The molecule has 0 aliphatic heterocycles. The molecule has 0 bridgehead atoms. The molecule has 1 aromatic carbocycles. The van der Waals surface area contributed by atoms with Crippen LogP contribution in [0.4, 0.5) is 5.82 Å². The first kappa shape index (κ1) is 10.1. The Kier molecular flexibility index (Phi) is 2.40. The van der Waals surface area contributed by atoms with E-state index in [4.69, 9.17) is 0 Å². The third kappa shape index (κ3) is 1.62. The second-order valence-corrected chi connectivity index (χ2v) is 4.21. The van der Waals surface area contributed by atoms with Gasteiger partial charge in [0, 0.05) is 6.07 Å². The van der Waals surface area contributed by atoms with Crippen LogP contribution in [0.25, 0.3) is 0 Å². The summed E-state index contributed by atoms with van der Waals surface area (Å²) in [7, 11) is 0. The number of benzene rings is 1. The molecule has 4 nitrogen and oxygen atoms in total. The lowest BCUT2D eigenvalue weighted by atomic mass is 10.1. The third-order valence-electron chi connectivity index (χ3n) is 3.31. The minimum absolute atomic E-state index is 0.129. The molecule has 0 spiro atoms. The molecular formula is C13H13N3O. The number of carbonyl (C=O) groups is 1. The van der Waals surface area contributed by atoms with Crippen molar-refractivity contribution in [1.29, 1.82) is 0 Å². The quantitative estimate of drug-likeness (QED) is 0.816. The number of hydrogen-bond acceptors (Lipinski definition) is 2. The van der Waals surface area contributed by atoms with Gasteiger partial charge >= 0.3 is 0 Å². The fourth-order valence-electron chi connectivity index (χ4n) is 2.51. The average molecular weight is 227 g/mol. The number of aryl methyl sites for hydroxylation is 1. The number of amides is 1. The van der Waals surface area contributed by atoms with Gasteiger partial charge in [0.15, 0.2) is 0 Å². The predicted octanol–water partition coefficient (Wildman–Crippen LogP) is 2.06. The van der Waals surface area contributed by atoms with Gasteiger partial charge in [0.25, 0.3) is 0 Å². The van der Waals surface area contributed by atoms with Crippen molar-refractivity contribution in [3.63, 3.8) is 0 Å². The molecule has 1 amide bonds. The Labute approximate surface area is 99.3 Å². The number of hydrogen-bond donors (Lipinski definition) is 1. The van der Waals surface area contributed by atoms with E-state index in [1.54, 1.807) is 11.1 Å². The molecule has 1 unspecified atom stereocenters. The summed E-state index contributed by atoms with van der Waals surface area (Å²) in [5, 5.41) is 6.73. The Morgan fingerprint density at radius 2 is 2.24 bits per heavy atom. The Hall–Kier alpha value is -2.10. The van der Waals surface area contributed by atoms with Crippen LogP contribution in [0.15, 0.2) is 36.5 Å². The third-order valence-corrected chi connectivity index (χ3v) is 3.31. The van der Waals surface area contributed by atoms with E-state index in [2.05, 4.69) is 22.3 Å². The van der Waals surface area contributed by atoms with Gasteiger partial charge in [0.05, 0.1) is 12.2 Å². The summed E-state index contributed by atoms with van der Waals surface area (Å²) in [6.45, 7) is 0. The van der Waals surface area contributed by atoms with Crippen molar-refractivity contribution >= 4 is 12.2 Å². The van der Waals surface area contributed by atoms with Crippen molar-refractivity contribution in [2.24, 2.45) is 0 Å². The Morgan fingerprint density at radius 1 is 1.35 bits per heavy atom. The van der Waals surface area contributed by atoms with Crippen molar-refractivity contribution in [1.82, 2.24) is 10.2 Å². The highest BCUT2D eigenvalue weighted by atomic mass is 16.1. The highest BCUT2D eigenvalue weighted by Gasteiger charge is 2.28. The van der Waals surface area contributed by atoms with E-state index < -0.39 is 0 Å². The second-order valence-electron chi connectivity index (χ2n) is 4.21. The lowest BCUT2D eigenvalue weighted by Gasteiger charge is -2.23. The molecule has 1 aromatic heterocycles. The number of nitrogens with zero attached hydrogens (tertiary/aromatic N) is 2. The van der Waals surface area contributed by atoms with Crippen molar-refractivity contribution in [2.75, 3.05) is 4.90 Å². The standard InChI is InChI=1S/C13H13N3O/c17-9-16(13-7-8-14-15-13)12-6-5-10-3-1-2-4-11(10)12/h1-4,7-9,12H,5-6H2,(H,14,15). The Balaban J connectivity index is 1.98. The molecule has 2 aromatic rings. The number of anilines is 1. The van der Waals surface area contributed by atoms with E-state index in [0.717, 1.165) is 25.1 Å². The molecule has 1 heterocycles. The zero-order valence-corrected chi connectivity index (χ0v) is 9.34. The van der Waals surface area contributed by atoms with Crippen LogP contribution >= 0.6 is 0 Å². The molecule has 0 saturated carbocycles. The number of aromatic amines is 1. The van der Waals surface area contributed by atoms with Gasteiger partial charge in [-0.2, -0.15) is 5.10 Å². The fourth-order valence-corrected chi connectivity index (χ4v) is 2.51. The molecular weight excluding hydrogens is 214 g/mol. The maximum atomic E-state index is 11.3. The van der Waals surface area contributed by atoms with Gasteiger partial charge in [-0.15, -0.1) is 0 Å². The van der Waals surface area contributed by atoms with E-state index in [-0.39, 0.29) is 6.04 Å². The first-order chi connectivity index (χ1) is 8.40. The smallest absolute Gasteiger partial charge is 0.215 e. The lowest BCUT2D eigenvalue weighted by Crippen LogP contribution is -2.25. The first-order valence-electron chi connectivity index (χ1n) is 5.71. The second kappa shape index (κ2) is 4.05. The molecule has 0 saturated heterocycles. The van der Waals surface area contributed by atoms with E-state index in [1.807, 2.05) is 18.2 Å². The summed E-state index contributed by atoms with van der Waals surface area (Å²) in [6, 6.07) is 10.2. The highest BCUT2D eigenvalue weighted by molar-refractivity contribution is 5.74. The van der Waals surface area contributed by atoms with Crippen molar-refractivity contribution in [3.8, 4) is 0 Å². The van der Waals surface area contributed by atoms with Gasteiger partial charge in [0.1, 0.15) is 5.82 Å². The summed E-state index contributed by atoms with van der Waals surface area (Å²) >= 11 is 0. The maximum absolute atomic E-state index is 11.3. The fraction of sp³-hybridized carbons (Fsp3) is 0.231. The molecule has 1 N–H and O–H groups in total. The summed E-state index contributed by atoms with van der Waals surface area (Å²) in [5.41, 5.74) is 2.58. The van der Waals surface area contributed by atoms with Crippen molar-refractivity contribution in [3.05, 3.63) is 47.7 Å². The highest BCUT2D eigenvalue weighted by Crippen LogP contribution is 2.36. The maximum Gasteiger partial charge on any atom is 0.215 e. The summed E-state index contributed by atoms with van der Waals surface area (Å²) < 4.78 is 0. The van der Waals surface area contributed by atoms with Crippen molar-refractivity contribution < 1.29 is 4.79 Å². The van der Waals surface area contributed by atoms with Gasteiger partial charge in [-0.3, -0.25) is 14.8 Å². The molecule has 1 aliphatic carbocycles. The van der Waals surface area contributed by atoms with E-state index in [1.165, 1.54) is 11.1 Å². The van der Waals surface area contributed by atoms with Crippen LogP contribution in [0.3, 0.4) is 0 Å². The monoisotopic (exact) mass is 227 g/mol. The Bertz CT molecular complexity index is 521. The molecule has 0 fully saturated rings. The van der Waals surface area contributed by atoms with E-state index in [0.29, 0.717) is 0 Å². The number of fused-ring (bicyclic) bond motifs is 1. The zero-order chi connectivity index (χ0) is 11.7. The molecule has 1 aliphatic rings. The minimum Gasteiger partial charge on any atom is -0.292 e. The molecule has 0 radical (unpaired) electrons. The van der Waals surface area contributed by atoms with Gasteiger partial charge in [0.2, 0.25) is 6.41 Å². The molecule has 4 heteroatoms. The summed E-state index contributed by atoms with van der Waals surface area (Å²) in [6.07, 6.45) is 4.53. The van der Waals surface area contributed by atoms with Crippen LogP contribution in [0.1, 0.15) is 23.6 Å². The first-order valence-corrected chi connectivity index (χ1v) is 5.71. The lowest BCUT2D eigenvalue weighted by molar-refractivity contribution is -0.108. The largest absolute Gasteiger partial charge is 0.292 e. The number of carbonyl (C=O) groups excluding carboxylic acids is 1.